The predicted octanol–water partition coefficient (Wildman–Crippen LogP) is 4.00. The summed E-state index contributed by atoms with van der Waals surface area (Å²) in [5, 5.41) is 3.39. The van der Waals surface area contributed by atoms with Gasteiger partial charge in [0.15, 0.2) is 0 Å². The maximum atomic E-state index is 12.2. The topological polar surface area (TPSA) is 58.4 Å². The van der Waals surface area contributed by atoms with Gasteiger partial charge in [-0.15, -0.1) is 0 Å². The molecule has 0 aliphatic carbocycles. The Kier molecular flexibility index (Phi) is 4.75. The summed E-state index contributed by atoms with van der Waals surface area (Å²) < 4.78 is 0.691. The van der Waals surface area contributed by atoms with Crippen molar-refractivity contribution in [3.63, 3.8) is 0 Å². The van der Waals surface area contributed by atoms with Crippen LogP contribution in [0.4, 0.5) is 17.1 Å². The van der Waals surface area contributed by atoms with Crippen LogP contribution in [0.5, 0.6) is 0 Å². The molecule has 0 bridgehead atoms. The van der Waals surface area contributed by atoms with E-state index in [0.29, 0.717) is 26.4 Å². The number of nitrogens with one attached hydrogen (secondary N) is 1. The molecule has 2 aromatic rings. The van der Waals surface area contributed by atoms with Crippen LogP contribution in [0.3, 0.4) is 0 Å². The molecule has 0 fully saturated rings. The second-order valence-electron chi connectivity index (χ2n) is 4.75. The molecule has 0 saturated carbocycles. The summed E-state index contributed by atoms with van der Waals surface area (Å²) in [6.45, 7) is 0. The Morgan fingerprint density at radius 2 is 1.95 bits per heavy atom. The Morgan fingerprint density at radius 1 is 1.24 bits per heavy atom. The Balaban J connectivity index is 2.19. The molecule has 0 radical (unpaired) electrons. The van der Waals surface area contributed by atoms with E-state index in [1.54, 1.807) is 24.3 Å². The lowest BCUT2D eigenvalue weighted by Gasteiger charge is -2.15. The highest BCUT2D eigenvalue weighted by Crippen LogP contribution is 2.28. The van der Waals surface area contributed by atoms with Crippen LogP contribution < -0.4 is 16.0 Å². The van der Waals surface area contributed by atoms with E-state index >= 15 is 0 Å². The molecule has 0 aliphatic rings. The Hall–Kier alpha value is -1.72. The second-order valence-corrected chi connectivity index (χ2v) is 6.01. The molecule has 0 atom stereocenters. The number of amides is 1. The molecule has 1 amide bonds. The van der Waals surface area contributed by atoms with Gasteiger partial charge < -0.3 is 16.0 Å². The van der Waals surface area contributed by atoms with Gasteiger partial charge in [-0.2, -0.15) is 0 Å². The molecule has 0 unspecified atom stereocenters. The number of carbonyl (C=O) groups excluding carboxylic acids is 1. The number of halogens is 2. The Labute approximate surface area is 137 Å². The van der Waals surface area contributed by atoms with E-state index in [2.05, 4.69) is 21.2 Å². The first-order valence-electron chi connectivity index (χ1n) is 6.21. The van der Waals surface area contributed by atoms with Crippen molar-refractivity contribution in [1.82, 2.24) is 0 Å². The van der Waals surface area contributed by atoms with Crippen molar-refractivity contribution in [2.24, 2.45) is 0 Å². The highest BCUT2D eigenvalue weighted by molar-refractivity contribution is 9.10. The molecule has 2 rings (SSSR count). The number of rotatable bonds is 3. The largest absolute Gasteiger partial charge is 0.398 e. The average molecular weight is 369 g/mol. The van der Waals surface area contributed by atoms with Crippen LogP contribution in [0.1, 0.15) is 10.4 Å². The van der Waals surface area contributed by atoms with Crippen LogP contribution >= 0.6 is 27.5 Å². The minimum absolute atomic E-state index is 0.218. The fourth-order valence-electron chi connectivity index (χ4n) is 1.82. The number of hydrogen-bond donors (Lipinski definition) is 2. The maximum absolute atomic E-state index is 12.2. The third-order valence-electron chi connectivity index (χ3n) is 2.95. The summed E-state index contributed by atoms with van der Waals surface area (Å²) in [5.74, 6) is -0.218. The van der Waals surface area contributed by atoms with Crippen molar-refractivity contribution in [3.05, 3.63) is 51.5 Å². The zero-order chi connectivity index (χ0) is 15.6. The van der Waals surface area contributed by atoms with Crippen LogP contribution in [0.25, 0.3) is 0 Å². The van der Waals surface area contributed by atoms with Crippen molar-refractivity contribution in [3.8, 4) is 0 Å². The summed E-state index contributed by atoms with van der Waals surface area (Å²) >= 11 is 9.49. The van der Waals surface area contributed by atoms with Gasteiger partial charge in [-0.05, 0) is 52.3 Å². The average Bonchev–Trinajstić information content (AvgIpc) is 2.41. The van der Waals surface area contributed by atoms with E-state index in [1.165, 1.54) is 0 Å². The summed E-state index contributed by atoms with van der Waals surface area (Å²) in [4.78, 5) is 14.1. The number of anilines is 3. The molecular weight excluding hydrogens is 354 g/mol. The molecule has 4 nitrogen and oxygen atoms in total. The van der Waals surface area contributed by atoms with Gasteiger partial charge in [0, 0.05) is 35.5 Å². The van der Waals surface area contributed by atoms with Gasteiger partial charge in [-0.1, -0.05) is 11.6 Å². The van der Waals surface area contributed by atoms with Crippen LogP contribution in [0.15, 0.2) is 40.9 Å². The van der Waals surface area contributed by atoms with Crippen LogP contribution in [0, 0.1) is 0 Å². The van der Waals surface area contributed by atoms with Gasteiger partial charge in [-0.25, -0.2) is 0 Å². The molecular formula is C15H15BrClN3O. The molecule has 0 aliphatic heterocycles. The monoisotopic (exact) mass is 367 g/mol. The molecule has 6 heteroatoms. The molecule has 0 saturated heterocycles. The molecule has 21 heavy (non-hydrogen) atoms. The number of nitrogens with two attached hydrogens (primary N) is 1. The Morgan fingerprint density at radius 3 is 2.52 bits per heavy atom. The van der Waals surface area contributed by atoms with Crippen molar-refractivity contribution in [2.45, 2.75) is 0 Å². The summed E-state index contributed by atoms with van der Waals surface area (Å²) in [7, 11) is 3.82. The summed E-state index contributed by atoms with van der Waals surface area (Å²) in [5.41, 5.74) is 8.35. The van der Waals surface area contributed by atoms with Crippen LogP contribution in [0.2, 0.25) is 5.02 Å². The highest BCUT2D eigenvalue weighted by Gasteiger charge is 2.10. The quantitative estimate of drug-likeness (QED) is 0.805. The van der Waals surface area contributed by atoms with Crippen LogP contribution in [-0.4, -0.2) is 20.0 Å². The fourth-order valence-corrected chi connectivity index (χ4v) is 2.55. The highest BCUT2D eigenvalue weighted by atomic mass is 79.9. The zero-order valence-electron chi connectivity index (χ0n) is 11.7. The van der Waals surface area contributed by atoms with Gasteiger partial charge in [-0.3, -0.25) is 4.79 Å². The zero-order valence-corrected chi connectivity index (χ0v) is 14.0. The van der Waals surface area contributed by atoms with E-state index < -0.39 is 0 Å². The van der Waals surface area contributed by atoms with Crippen molar-refractivity contribution >= 4 is 50.5 Å². The molecule has 2 aromatic carbocycles. The third kappa shape index (κ3) is 3.68. The standard InChI is InChI=1S/C15H15BrClN3O/c1-20(2)14-6-4-10(8-12(14)17)19-15(21)9-3-5-13(18)11(16)7-9/h3-8H,18H2,1-2H3,(H,19,21). The number of nitrogens with zero attached hydrogens (tertiary/aromatic N) is 1. The predicted molar refractivity (Wildman–Crippen MR) is 92.3 cm³/mol. The lowest BCUT2D eigenvalue weighted by Crippen LogP contribution is -2.13. The molecule has 0 aromatic heterocycles. The van der Waals surface area contributed by atoms with Gasteiger partial charge >= 0.3 is 0 Å². The smallest absolute Gasteiger partial charge is 0.255 e. The lowest BCUT2D eigenvalue weighted by atomic mass is 10.2. The first kappa shape index (κ1) is 15.7. The molecule has 3 N–H and O–H groups in total. The van der Waals surface area contributed by atoms with E-state index in [0.717, 1.165) is 5.69 Å². The minimum Gasteiger partial charge on any atom is -0.398 e. The third-order valence-corrected chi connectivity index (χ3v) is 3.94. The van der Waals surface area contributed by atoms with Gasteiger partial charge in [0.1, 0.15) is 0 Å². The molecule has 0 heterocycles. The molecule has 110 valence electrons. The van der Waals surface area contributed by atoms with E-state index in [9.17, 15) is 4.79 Å². The van der Waals surface area contributed by atoms with Crippen LogP contribution in [-0.2, 0) is 0 Å². The maximum Gasteiger partial charge on any atom is 0.255 e. The SMILES string of the molecule is CN(C)c1ccc(NC(=O)c2ccc(N)c(Br)c2)cc1Cl. The summed E-state index contributed by atoms with van der Waals surface area (Å²) in [6.07, 6.45) is 0. The number of nitrogen functional groups attached to an aromatic ring is 1. The lowest BCUT2D eigenvalue weighted by molar-refractivity contribution is 0.102. The number of carbonyl (C=O) groups is 1. The van der Waals surface area contributed by atoms with E-state index in [-0.39, 0.29) is 5.91 Å². The summed E-state index contributed by atoms with van der Waals surface area (Å²) in [6, 6.07) is 10.4. The van der Waals surface area contributed by atoms with E-state index in [1.807, 2.05) is 31.1 Å². The van der Waals surface area contributed by atoms with E-state index in [4.69, 9.17) is 17.3 Å². The van der Waals surface area contributed by atoms with Crippen molar-refractivity contribution in [2.75, 3.05) is 30.0 Å². The van der Waals surface area contributed by atoms with Gasteiger partial charge in [0.2, 0.25) is 0 Å². The van der Waals surface area contributed by atoms with Gasteiger partial charge in [0.25, 0.3) is 5.91 Å². The van der Waals surface area contributed by atoms with Crippen molar-refractivity contribution < 1.29 is 4.79 Å². The first-order valence-corrected chi connectivity index (χ1v) is 7.39. The fraction of sp³-hybridized carbons (Fsp3) is 0.133. The Bertz CT molecular complexity index is 689. The molecule has 0 spiro atoms. The number of hydrogen-bond acceptors (Lipinski definition) is 3. The van der Waals surface area contributed by atoms with Gasteiger partial charge in [0.05, 0.1) is 10.7 Å². The first-order chi connectivity index (χ1) is 9.88. The van der Waals surface area contributed by atoms with Crippen molar-refractivity contribution in [1.29, 1.82) is 0 Å². The normalized spacial score (nSPS) is 10.3. The second kappa shape index (κ2) is 6.37. The number of benzene rings is 2. The minimum atomic E-state index is -0.218.